The van der Waals surface area contributed by atoms with E-state index in [4.69, 9.17) is 0 Å². The summed E-state index contributed by atoms with van der Waals surface area (Å²) in [6, 6.07) is 9.26. The van der Waals surface area contributed by atoms with Crippen molar-refractivity contribution in [1.29, 1.82) is 0 Å². The van der Waals surface area contributed by atoms with Crippen LogP contribution in [-0.4, -0.2) is 69.8 Å². The van der Waals surface area contributed by atoms with E-state index in [1.165, 1.54) is 0 Å². The Morgan fingerprint density at radius 3 is 2.65 bits per heavy atom. The summed E-state index contributed by atoms with van der Waals surface area (Å²) in [6.45, 7) is 3.94. The van der Waals surface area contributed by atoms with E-state index in [9.17, 15) is 22.8 Å². The van der Waals surface area contributed by atoms with Crippen molar-refractivity contribution >= 4 is 11.8 Å². The minimum atomic E-state index is -4.25. The second-order valence-electron chi connectivity index (χ2n) is 9.01. The topological polar surface area (TPSA) is 70.5 Å². The summed E-state index contributed by atoms with van der Waals surface area (Å²) < 4.78 is 40.9. The number of benzene rings is 1. The number of fused-ring (bicyclic) bond motifs is 1. The average molecular weight is 478 g/mol. The molecule has 2 aliphatic heterocycles. The van der Waals surface area contributed by atoms with Gasteiger partial charge < -0.3 is 10.2 Å². The Morgan fingerprint density at radius 2 is 1.91 bits per heavy atom. The number of nitrogens with one attached hydrogen (secondary N) is 1. The summed E-state index contributed by atoms with van der Waals surface area (Å²) in [5.74, 6) is -0.366. The lowest BCUT2D eigenvalue weighted by Crippen LogP contribution is -2.41. The number of rotatable bonds is 6. The van der Waals surface area contributed by atoms with Crippen LogP contribution >= 0.6 is 0 Å². The van der Waals surface area contributed by atoms with E-state index < -0.39 is 18.6 Å². The van der Waals surface area contributed by atoms with E-state index in [1.807, 2.05) is 35.0 Å². The first-order valence-electron chi connectivity index (χ1n) is 11.7. The standard InChI is InChI=1S/C24H30F3N5O2/c1-17(15-24(25,26)27)31-11-8-20-19(16-31)22(23(34)30-12-9-21(33)28-10-14-30)29-32(20)13-7-18-5-3-2-4-6-18/h2-6,17H,7-16H2,1H3,(H,28,33). The second kappa shape index (κ2) is 10.2. The van der Waals surface area contributed by atoms with E-state index in [-0.39, 0.29) is 24.8 Å². The van der Waals surface area contributed by atoms with Gasteiger partial charge in [0.25, 0.3) is 5.91 Å². The molecule has 2 aliphatic rings. The molecule has 1 aromatic heterocycles. The van der Waals surface area contributed by atoms with Crippen molar-refractivity contribution in [3.63, 3.8) is 0 Å². The van der Waals surface area contributed by atoms with Gasteiger partial charge in [-0.15, -0.1) is 0 Å². The fourth-order valence-electron chi connectivity index (χ4n) is 4.71. The number of carbonyl (C=O) groups excluding carboxylic acids is 2. The van der Waals surface area contributed by atoms with Crippen molar-refractivity contribution in [3.8, 4) is 0 Å². The van der Waals surface area contributed by atoms with Gasteiger partial charge in [-0.2, -0.15) is 18.3 Å². The lowest BCUT2D eigenvalue weighted by molar-refractivity contribution is -0.146. The zero-order valence-electron chi connectivity index (χ0n) is 19.3. The quantitative estimate of drug-likeness (QED) is 0.695. The lowest BCUT2D eigenvalue weighted by Gasteiger charge is -2.33. The zero-order chi connectivity index (χ0) is 24.3. The van der Waals surface area contributed by atoms with Gasteiger partial charge >= 0.3 is 6.18 Å². The van der Waals surface area contributed by atoms with E-state index in [1.54, 1.807) is 16.7 Å². The highest BCUT2D eigenvalue weighted by Gasteiger charge is 2.36. The van der Waals surface area contributed by atoms with Crippen molar-refractivity contribution in [2.75, 3.05) is 26.2 Å². The molecule has 1 unspecified atom stereocenters. The Labute approximate surface area is 196 Å². The monoisotopic (exact) mass is 477 g/mol. The number of alkyl halides is 3. The maximum Gasteiger partial charge on any atom is 0.390 e. The van der Waals surface area contributed by atoms with Crippen LogP contribution in [0.3, 0.4) is 0 Å². The number of carbonyl (C=O) groups is 2. The molecule has 1 fully saturated rings. The minimum absolute atomic E-state index is 0.0992. The summed E-state index contributed by atoms with van der Waals surface area (Å²) in [7, 11) is 0. The van der Waals surface area contributed by atoms with Crippen molar-refractivity contribution in [1.82, 2.24) is 24.9 Å². The van der Waals surface area contributed by atoms with Crippen molar-refractivity contribution in [3.05, 3.63) is 52.8 Å². The smallest absolute Gasteiger partial charge is 0.354 e. The first-order chi connectivity index (χ1) is 16.2. The van der Waals surface area contributed by atoms with Gasteiger partial charge in [-0.05, 0) is 18.9 Å². The first-order valence-corrected chi connectivity index (χ1v) is 11.7. The highest BCUT2D eigenvalue weighted by Crippen LogP contribution is 2.30. The molecule has 1 atom stereocenters. The van der Waals surface area contributed by atoms with Crippen molar-refractivity contribution in [2.45, 2.75) is 57.9 Å². The number of amides is 2. The average Bonchev–Trinajstić information content (AvgIpc) is 3.02. The van der Waals surface area contributed by atoms with Gasteiger partial charge in [0.2, 0.25) is 5.91 Å². The van der Waals surface area contributed by atoms with Crippen LogP contribution in [0.2, 0.25) is 0 Å². The lowest BCUT2D eigenvalue weighted by atomic mass is 10.0. The van der Waals surface area contributed by atoms with Crippen LogP contribution in [0.15, 0.2) is 30.3 Å². The van der Waals surface area contributed by atoms with Crippen molar-refractivity contribution < 1.29 is 22.8 Å². The molecule has 1 aromatic carbocycles. The number of aromatic nitrogens is 2. The predicted molar refractivity (Wildman–Crippen MR) is 120 cm³/mol. The third-order valence-corrected chi connectivity index (χ3v) is 6.57. The molecule has 0 spiro atoms. The molecule has 4 rings (SSSR count). The Bertz CT molecular complexity index is 1020. The minimum Gasteiger partial charge on any atom is -0.354 e. The third kappa shape index (κ3) is 5.78. The molecule has 184 valence electrons. The maximum absolute atomic E-state index is 13.4. The summed E-state index contributed by atoms with van der Waals surface area (Å²) in [4.78, 5) is 28.5. The molecule has 0 radical (unpaired) electrons. The van der Waals surface area contributed by atoms with Gasteiger partial charge in [0.1, 0.15) is 0 Å². The highest BCUT2D eigenvalue weighted by atomic mass is 19.4. The molecular formula is C24H30F3N5O2. The molecule has 3 heterocycles. The molecule has 0 aliphatic carbocycles. The normalized spacial score (nSPS) is 18.2. The van der Waals surface area contributed by atoms with E-state index in [2.05, 4.69) is 10.4 Å². The Hall–Kier alpha value is -2.88. The van der Waals surface area contributed by atoms with Gasteiger partial charge in [-0.1, -0.05) is 30.3 Å². The van der Waals surface area contributed by atoms with E-state index in [0.29, 0.717) is 50.4 Å². The van der Waals surface area contributed by atoms with Crippen LogP contribution < -0.4 is 5.32 Å². The number of nitrogens with zero attached hydrogens (tertiary/aromatic N) is 4. The summed E-state index contributed by atoms with van der Waals surface area (Å²) in [6.07, 6.45) is -3.65. The Kier molecular flexibility index (Phi) is 7.25. The summed E-state index contributed by atoms with van der Waals surface area (Å²) in [5, 5.41) is 7.43. The second-order valence-corrected chi connectivity index (χ2v) is 9.01. The zero-order valence-corrected chi connectivity index (χ0v) is 19.3. The molecule has 2 aromatic rings. The molecule has 0 bridgehead atoms. The fourth-order valence-corrected chi connectivity index (χ4v) is 4.71. The Morgan fingerprint density at radius 1 is 1.15 bits per heavy atom. The SMILES string of the molecule is CC(CC(F)(F)F)N1CCc2c(c(C(=O)N3CCNC(=O)CC3)nn2CCc2ccccc2)C1. The van der Waals surface area contributed by atoms with Crippen LogP contribution in [0.1, 0.15) is 47.1 Å². The summed E-state index contributed by atoms with van der Waals surface area (Å²) >= 11 is 0. The van der Waals surface area contributed by atoms with Gasteiger partial charge in [-0.3, -0.25) is 19.2 Å². The molecule has 10 heteroatoms. The number of halogens is 3. The number of aryl methyl sites for hydroxylation is 2. The van der Waals surface area contributed by atoms with E-state index >= 15 is 0 Å². The van der Waals surface area contributed by atoms with Crippen LogP contribution in [0.5, 0.6) is 0 Å². The highest BCUT2D eigenvalue weighted by molar-refractivity contribution is 5.94. The van der Waals surface area contributed by atoms with Crippen molar-refractivity contribution in [2.24, 2.45) is 0 Å². The first kappa shape index (κ1) is 24.3. The Balaban J connectivity index is 1.60. The van der Waals surface area contributed by atoms with Crippen LogP contribution in [-0.2, 0) is 30.7 Å². The largest absolute Gasteiger partial charge is 0.390 e. The molecule has 2 amide bonds. The van der Waals surface area contributed by atoms with Crippen LogP contribution in [0, 0.1) is 0 Å². The maximum atomic E-state index is 13.4. The predicted octanol–water partition coefficient (Wildman–Crippen LogP) is 2.79. The van der Waals surface area contributed by atoms with E-state index in [0.717, 1.165) is 17.7 Å². The molecule has 1 N–H and O–H groups in total. The molecular weight excluding hydrogens is 447 g/mol. The van der Waals surface area contributed by atoms with Crippen LogP contribution in [0.4, 0.5) is 13.2 Å². The van der Waals surface area contributed by atoms with Gasteiger partial charge in [0.05, 0.1) is 6.42 Å². The van der Waals surface area contributed by atoms with Gasteiger partial charge in [0, 0.05) is 69.4 Å². The molecule has 34 heavy (non-hydrogen) atoms. The van der Waals surface area contributed by atoms with Crippen LogP contribution in [0.25, 0.3) is 0 Å². The molecule has 7 nitrogen and oxygen atoms in total. The molecule has 1 saturated heterocycles. The fraction of sp³-hybridized carbons (Fsp3) is 0.542. The number of hydrogen-bond donors (Lipinski definition) is 1. The van der Waals surface area contributed by atoms with Gasteiger partial charge in [-0.25, -0.2) is 0 Å². The summed E-state index contributed by atoms with van der Waals surface area (Å²) in [5.41, 5.74) is 3.06. The third-order valence-electron chi connectivity index (χ3n) is 6.57. The van der Waals surface area contributed by atoms with Gasteiger partial charge in [0.15, 0.2) is 5.69 Å². The molecule has 0 saturated carbocycles. The number of hydrogen-bond acceptors (Lipinski definition) is 4.